The predicted octanol–water partition coefficient (Wildman–Crippen LogP) is 4.86. The zero-order valence-corrected chi connectivity index (χ0v) is 14.9. The predicted molar refractivity (Wildman–Crippen MR) is 96.8 cm³/mol. The number of carbonyl (C=O) groups excluding carboxylic acids is 1. The van der Waals surface area contributed by atoms with E-state index < -0.39 is 0 Å². The molecule has 0 saturated carbocycles. The van der Waals surface area contributed by atoms with Crippen LogP contribution < -0.4 is 5.32 Å². The molecule has 5 heteroatoms. The molecule has 2 aromatic carbocycles. The standard InChI is InChI=1S/C17H18ClNOS2/c1-12(22-16-9-5-14(18)6-10-16)17(20)19-11-13-3-7-15(21-2)8-4-13/h3-10,12H,11H2,1-2H3,(H,19,20). The van der Waals surface area contributed by atoms with Crippen LogP contribution in [-0.2, 0) is 11.3 Å². The highest BCUT2D eigenvalue weighted by atomic mass is 35.5. The first-order chi connectivity index (χ1) is 10.6. The summed E-state index contributed by atoms with van der Waals surface area (Å²) in [6, 6.07) is 15.8. The number of halogens is 1. The molecule has 0 aromatic heterocycles. The highest BCUT2D eigenvalue weighted by Gasteiger charge is 2.13. The molecule has 0 aliphatic carbocycles. The van der Waals surface area contributed by atoms with Crippen LogP contribution in [0.5, 0.6) is 0 Å². The van der Waals surface area contributed by atoms with Gasteiger partial charge in [-0.05, 0) is 55.1 Å². The summed E-state index contributed by atoms with van der Waals surface area (Å²) in [6.07, 6.45) is 2.05. The number of nitrogens with one attached hydrogen (secondary N) is 1. The maximum Gasteiger partial charge on any atom is 0.233 e. The molecule has 2 aromatic rings. The lowest BCUT2D eigenvalue weighted by molar-refractivity contribution is -0.120. The lowest BCUT2D eigenvalue weighted by Crippen LogP contribution is -2.30. The van der Waals surface area contributed by atoms with Gasteiger partial charge in [0.05, 0.1) is 5.25 Å². The third kappa shape index (κ3) is 5.27. The van der Waals surface area contributed by atoms with Crippen LogP contribution in [0.4, 0.5) is 0 Å². The molecular weight excluding hydrogens is 334 g/mol. The molecule has 1 atom stereocenters. The second-order valence-electron chi connectivity index (χ2n) is 4.78. The quantitative estimate of drug-likeness (QED) is 0.753. The minimum atomic E-state index is -0.147. The minimum Gasteiger partial charge on any atom is -0.351 e. The van der Waals surface area contributed by atoms with Crippen LogP contribution in [0.1, 0.15) is 12.5 Å². The second kappa shape index (κ2) is 8.51. The molecule has 2 nitrogen and oxygen atoms in total. The molecule has 0 fully saturated rings. The Morgan fingerprint density at radius 3 is 2.27 bits per heavy atom. The van der Waals surface area contributed by atoms with E-state index in [4.69, 9.17) is 11.6 Å². The fourth-order valence-electron chi connectivity index (χ4n) is 1.85. The average Bonchev–Trinajstić information content (AvgIpc) is 2.55. The summed E-state index contributed by atoms with van der Waals surface area (Å²) in [5, 5.41) is 3.53. The van der Waals surface area contributed by atoms with Crippen LogP contribution in [0.2, 0.25) is 5.02 Å². The van der Waals surface area contributed by atoms with E-state index in [0.29, 0.717) is 11.6 Å². The van der Waals surface area contributed by atoms with Crippen LogP contribution in [0, 0.1) is 0 Å². The topological polar surface area (TPSA) is 29.1 Å². The summed E-state index contributed by atoms with van der Waals surface area (Å²) >= 11 is 9.10. The van der Waals surface area contributed by atoms with E-state index in [-0.39, 0.29) is 11.2 Å². The van der Waals surface area contributed by atoms with E-state index in [1.54, 1.807) is 11.8 Å². The van der Waals surface area contributed by atoms with Crippen LogP contribution in [0.3, 0.4) is 0 Å². The first-order valence-corrected chi connectivity index (χ1v) is 9.39. The molecule has 0 aliphatic rings. The highest BCUT2D eigenvalue weighted by Crippen LogP contribution is 2.24. The Hall–Kier alpha value is -1.10. The number of benzene rings is 2. The summed E-state index contributed by atoms with van der Waals surface area (Å²) in [4.78, 5) is 14.4. The van der Waals surface area contributed by atoms with Crippen LogP contribution >= 0.6 is 35.1 Å². The number of carbonyl (C=O) groups is 1. The number of hydrogen-bond acceptors (Lipinski definition) is 3. The molecule has 2 rings (SSSR count). The van der Waals surface area contributed by atoms with Gasteiger partial charge in [-0.1, -0.05) is 23.7 Å². The second-order valence-corrected chi connectivity index (χ2v) is 7.51. The zero-order chi connectivity index (χ0) is 15.9. The maximum absolute atomic E-state index is 12.1. The van der Waals surface area contributed by atoms with Crippen molar-refractivity contribution in [2.75, 3.05) is 6.26 Å². The summed E-state index contributed by atoms with van der Waals surface area (Å²) in [5.74, 6) is 0.0360. The number of thioether (sulfide) groups is 2. The van der Waals surface area contributed by atoms with E-state index in [0.717, 1.165) is 10.5 Å². The van der Waals surface area contributed by atoms with Crippen molar-refractivity contribution < 1.29 is 4.79 Å². The van der Waals surface area contributed by atoms with Gasteiger partial charge in [0, 0.05) is 21.4 Å². The Morgan fingerprint density at radius 1 is 1.09 bits per heavy atom. The number of rotatable bonds is 6. The Labute approximate surface area is 145 Å². The van der Waals surface area contributed by atoms with Gasteiger partial charge in [0.15, 0.2) is 0 Å². The number of amides is 1. The molecule has 0 radical (unpaired) electrons. The molecule has 116 valence electrons. The first kappa shape index (κ1) is 17.3. The molecule has 0 saturated heterocycles. The summed E-state index contributed by atoms with van der Waals surface area (Å²) in [5.41, 5.74) is 1.11. The van der Waals surface area contributed by atoms with Crippen molar-refractivity contribution in [3.8, 4) is 0 Å². The third-order valence-electron chi connectivity index (χ3n) is 3.12. The fourth-order valence-corrected chi connectivity index (χ4v) is 3.27. The van der Waals surface area contributed by atoms with Gasteiger partial charge in [-0.2, -0.15) is 0 Å². The molecule has 1 N–H and O–H groups in total. The van der Waals surface area contributed by atoms with Gasteiger partial charge in [0.1, 0.15) is 0 Å². The van der Waals surface area contributed by atoms with Crippen LogP contribution in [0.15, 0.2) is 58.3 Å². The Kier molecular flexibility index (Phi) is 6.68. The van der Waals surface area contributed by atoms with Gasteiger partial charge in [-0.25, -0.2) is 0 Å². The molecule has 0 bridgehead atoms. The monoisotopic (exact) mass is 351 g/mol. The maximum atomic E-state index is 12.1. The molecular formula is C17H18ClNOS2. The zero-order valence-electron chi connectivity index (χ0n) is 12.5. The van der Waals surface area contributed by atoms with E-state index in [2.05, 4.69) is 17.4 Å². The van der Waals surface area contributed by atoms with Crippen LogP contribution in [-0.4, -0.2) is 17.4 Å². The van der Waals surface area contributed by atoms with Gasteiger partial charge in [-0.3, -0.25) is 4.79 Å². The highest BCUT2D eigenvalue weighted by molar-refractivity contribution is 8.00. The molecule has 1 unspecified atom stereocenters. The minimum absolute atomic E-state index is 0.0360. The number of hydrogen-bond donors (Lipinski definition) is 1. The Bertz CT molecular complexity index is 614. The fraction of sp³-hybridized carbons (Fsp3) is 0.235. The van der Waals surface area contributed by atoms with Crippen molar-refractivity contribution in [2.45, 2.75) is 28.5 Å². The Balaban J connectivity index is 1.84. The van der Waals surface area contributed by atoms with Gasteiger partial charge in [0.2, 0.25) is 5.91 Å². The largest absolute Gasteiger partial charge is 0.351 e. The van der Waals surface area contributed by atoms with Gasteiger partial charge in [-0.15, -0.1) is 23.5 Å². The lowest BCUT2D eigenvalue weighted by Gasteiger charge is -2.12. The van der Waals surface area contributed by atoms with Crippen molar-refractivity contribution in [1.29, 1.82) is 0 Å². The van der Waals surface area contributed by atoms with E-state index in [9.17, 15) is 4.79 Å². The lowest BCUT2D eigenvalue weighted by atomic mass is 10.2. The van der Waals surface area contributed by atoms with Crippen LogP contribution in [0.25, 0.3) is 0 Å². The van der Waals surface area contributed by atoms with E-state index >= 15 is 0 Å². The summed E-state index contributed by atoms with van der Waals surface area (Å²) < 4.78 is 0. The van der Waals surface area contributed by atoms with Crippen molar-refractivity contribution in [1.82, 2.24) is 5.32 Å². The van der Waals surface area contributed by atoms with Gasteiger partial charge < -0.3 is 5.32 Å². The Morgan fingerprint density at radius 2 is 1.68 bits per heavy atom. The summed E-state index contributed by atoms with van der Waals surface area (Å²) in [6.45, 7) is 2.46. The normalized spacial score (nSPS) is 12.0. The SMILES string of the molecule is CSc1ccc(CNC(=O)C(C)Sc2ccc(Cl)cc2)cc1. The molecule has 0 aliphatic heterocycles. The average molecular weight is 352 g/mol. The van der Waals surface area contributed by atoms with Crippen molar-refractivity contribution >= 4 is 41.0 Å². The summed E-state index contributed by atoms with van der Waals surface area (Å²) in [7, 11) is 0. The molecule has 0 spiro atoms. The van der Waals surface area contributed by atoms with Crippen molar-refractivity contribution in [3.05, 3.63) is 59.1 Å². The van der Waals surface area contributed by atoms with E-state index in [1.807, 2.05) is 49.6 Å². The van der Waals surface area contributed by atoms with E-state index in [1.165, 1.54) is 16.7 Å². The van der Waals surface area contributed by atoms with Gasteiger partial charge >= 0.3 is 0 Å². The first-order valence-electron chi connectivity index (χ1n) is 6.91. The molecule has 0 heterocycles. The van der Waals surface area contributed by atoms with Crippen molar-refractivity contribution in [2.24, 2.45) is 0 Å². The van der Waals surface area contributed by atoms with Gasteiger partial charge in [0.25, 0.3) is 0 Å². The third-order valence-corrected chi connectivity index (χ3v) is 5.23. The van der Waals surface area contributed by atoms with Crippen molar-refractivity contribution in [3.63, 3.8) is 0 Å². The molecule has 22 heavy (non-hydrogen) atoms. The smallest absolute Gasteiger partial charge is 0.233 e. The molecule has 1 amide bonds.